The van der Waals surface area contributed by atoms with Crippen LogP contribution in [0.5, 0.6) is 0 Å². The van der Waals surface area contributed by atoms with Crippen LogP contribution in [-0.2, 0) is 4.79 Å². The zero-order chi connectivity index (χ0) is 14.0. The van der Waals surface area contributed by atoms with Gasteiger partial charge in [-0.25, -0.2) is 0 Å². The van der Waals surface area contributed by atoms with Crippen LogP contribution in [0.3, 0.4) is 0 Å². The zero-order valence-corrected chi connectivity index (χ0v) is 11.7. The fourth-order valence-electron chi connectivity index (χ4n) is 2.67. The lowest BCUT2D eigenvalue weighted by Crippen LogP contribution is -2.52. The number of amides is 1. The smallest absolute Gasteiger partial charge is 0.235 e. The Hall–Kier alpha value is -1.12. The van der Waals surface area contributed by atoms with Crippen LogP contribution in [0.2, 0.25) is 0 Å². The number of aliphatic hydroxyl groups excluding tert-OH is 1. The van der Waals surface area contributed by atoms with Crippen molar-refractivity contribution in [3.63, 3.8) is 0 Å². The number of nitrogens with zero attached hydrogens (tertiary/aromatic N) is 2. The van der Waals surface area contributed by atoms with Gasteiger partial charge < -0.3 is 10.4 Å². The Kier molecular flexibility index (Phi) is 4.12. The molecule has 2 N–H and O–H groups in total. The van der Waals surface area contributed by atoms with Crippen LogP contribution in [0.15, 0.2) is 0 Å². The van der Waals surface area contributed by atoms with Crippen LogP contribution in [0, 0.1) is 23.2 Å². The van der Waals surface area contributed by atoms with Crippen molar-refractivity contribution in [2.75, 3.05) is 19.6 Å². The molecule has 0 aromatic rings. The number of nitrogens with one attached hydrogen (secondary N) is 1. The van der Waals surface area contributed by atoms with Crippen molar-refractivity contribution in [2.45, 2.75) is 44.8 Å². The molecule has 0 spiro atoms. The summed E-state index contributed by atoms with van der Waals surface area (Å²) in [6, 6.07) is 2.22. The maximum Gasteiger partial charge on any atom is 0.235 e. The van der Waals surface area contributed by atoms with Gasteiger partial charge >= 0.3 is 0 Å². The van der Waals surface area contributed by atoms with Gasteiger partial charge in [0.25, 0.3) is 0 Å². The Morgan fingerprint density at radius 1 is 1.53 bits per heavy atom. The average Bonchev–Trinajstić information content (AvgIpc) is 3.18. The van der Waals surface area contributed by atoms with Crippen molar-refractivity contribution < 1.29 is 9.90 Å². The van der Waals surface area contributed by atoms with E-state index in [4.69, 9.17) is 0 Å². The summed E-state index contributed by atoms with van der Waals surface area (Å²) in [4.78, 5) is 14.0. The number of hydrogen-bond acceptors (Lipinski definition) is 4. The van der Waals surface area contributed by atoms with E-state index >= 15 is 0 Å². The van der Waals surface area contributed by atoms with Crippen molar-refractivity contribution in [1.82, 2.24) is 10.2 Å². The molecule has 1 amide bonds. The molecule has 2 aliphatic rings. The van der Waals surface area contributed by atoms with Gasteiger partial charge in [-0.15, -0.1) is 0 Å². The number of piperidine rings is 1. The molecule has 0 bridgehead atoms. The van der Waals surface area contributed by atoms with Gasteiger partial charge in [0.1, 0.15) is 5.54 Å². The van der Waals surface area contributed by atoms with Crippen molar-refractivity contribution in [2.24, 2.45) is 11.8 Å². The summed E-state index contributed by atoms with van der Waals surface area (Å²) in [7, 11) is 0. The van der Waals surface area contributed by atoms with Crippen molar-refractivity contribution in [1.29, 1.82) is 5.26 Å². The number of carbonyl (C=O) groups is 1. The molecule has 1 heterocycles. The molecule has 1 saturated heterocycles. The Morgan fingerprint density at radius 3 is 2.74 bits per heavy atom. The Labute approximate surface area is 114 Å². The molecule has 3 atom stereocenters. The number of carbonyl (C=O) groups excluding carboxylic acids is 1. The second-order valence-electron chi connectivity index (χ2n) is 6.21. The van der Waals surface area contributed by atoms with Crippen molar-refractivity contribution in [3.8, 4) is 6.07 Å². The SMILES string of the molecule is CC1CCN(CC(=O)NC(C)(C#N)C2CC2)CC1O. The zero-order valence-electron chi connectivity index (χ0n) is 11.7. The lowest BCUT2D eigenvalue weighted by atomic mass is 9.95. The van der Waals surface area contributed by atoms with Crippen LogP contribution >= 0.6 is 0 Å². The van der Waals surface area contributed by atoms with Gasteiger partial charge in [0.2, 0.25) is 5.91 Å². The lowest BCUT2D eigenvalue weighted by Gasteiger charge is -2.34. The number of β-amino-alcohol motifs (C(OH)–C–C–N with tert-alkyl or cyclic N) is 1. The third-order valence-electron chi connectivity index (χ3n) is 4.40. The largest absolute Gasteiger partial charge is 0.392 e. The summed E-state index contributed by atoms with van der Waals surface area (Å²) in [5.41, 5.74) is -0.723. The molecule has 0 aromatic carbocycles. The fourth-order valence-corrected chi connectivity index (χ4v) is 2.67. The van der Waals surface area contributed by atoms with E-state index in [1.807, 2.05) is 11.8 Å². The topological polar surface area (TPSA) is 76.4 Å². The van der Waals surface area contributed by atoms with Gasteiger partial charge in [0.15, 0.2) is 0 Å². The first-order chi connectivity index (χ1) is 8.94. The van der Waals surface area contributed by atoms with Gasteiger partial charge in [-0.1, -0.05) is 6.92 Å². The predicted octanol–water partition coefficient (Wildman–Crippen LogP) is 0.498. The van der Waals surface area contributed by atoms with E-state index in [1.165, 1.54) is 0 Å². The van der Waals surface area contributed by atoms with E-state index in [0.29, 0.717) is 18.4 Å². The van der Waals surface area contributed by atoms with Crippen LogP contribution < -0.4 is 5.32 Å². The molecule has 0 radical (unpaired) electrons. The van der Waals surface area contributed by atoms with Crippen molar-refractivity contribution >= 4 is 5.91 Å². The van der Waals surface area contributed by atoms with Gasteiger partial charge in [0, 0.05) is 6.54 Å². The molecule has 1 saturated carbocycles. The van der Waals surface area contributed by atoms with Gasteiger partial charge in [-0.2, -0.15) is 5.26 Å². The highest BCUT2D eigenvalue weighted by molar-refractivity contribution is 5.79. The molecule has 1 aliphatic carbocycles. The van der Waals surface area contributed by atoms with E-state index in [1.54, 1.807) is 6.92 Å². The molecule has 106 valence electrons. The monoisotopic (exact) mass is 265 g/mol. The summed E-state index contributed by atoms with van der Waals surface area (Å²) < 4.78 is 0. The summed E-state index contributed by atoms with van der Waals surface area (Å²) >= 11 is 0. The number of aliphatic hydroxyl groups is 1. The van der Waals surface area contributed by atoms with Crippen molar-refractivity contribution in [3.05, 3.63) is 0 Å². The molecule has 2 rings (SSSR count). The van der Waals surface area contributed by atoms with E-state index in [2.05, 4.69) is 11.4 Å². The van der Waals surface area contributed by atoms with Crippen LogP contribution in [-0.4, -0.2) is 47.2 Å². The van der Waals surface area contributed by atoms with Gasteiger partial charge in [-0.05, 0) is 44.6 Å². The maximum absolute atomic E-state index is 12.0. The van der Waals surface area contributed by atoms with Gasteiger partial charge in [0.05, 0.1) is 18.7 Å². The van der Waals surface area contributed by atoms with E-state index < -0.39 is 5.54 Å². The highest BCUT2D eigenvalue weighted by Gasteiger charge is 2.43. The van der Waals surface area contributed by atoms with Crippen LogP contribution in [0.4, 0.5) is 0 Å². The molecule has 5 nitrogen and oxygen atoms in total. The minimum Gasteiger partial charge on any atom is -0.392 e. The number of likely N-dealkylation sites (tertiary alicyclic amines) is 1. The maximum atomic E-state index is 12.0. The number of hydrogen-bond donors (Lipinski definition) is 2. The first-order valence-electron chi connectivity index (χ1n) is 7.07. The minimum absolute atomic E-state index is 0.113. The number of nitriles is 1. The highest BCUT2D eigenvalue weighted by atomic mass is 16.3. The summed E-state index contributed by atoms with van der Waals surface area (Å²) in [6.45, 7) is 5.48. The predicted molar refractivity (Wildman–Crippen MR) is 71.1 cm³/mol. The molecular formula is C14H23N3O2. The molecule has 2 fully saturated rings. The third kappa shape index (κ3) is 3.46. The fraction of sp³-hybridized carbons (Fsp3) is 0.857. The normalized spacial score (nSPS) is 31.3. The van der Waals surface area contributed by atoms with Gasteiger partial charge in [-0.3, -0.25) is 9.69 Å². The second-order valence-corrected chi connectivity index (χ2v) is 6.21. The third-order valence-corrected chi connectivity index (χ3v) is 4.40. The molecular weight excluding hydrogens is 242 g/mol. The van der Waals surface area contributed by atoms with E-state index in [0.717, 1.165) is 25.8 Å². The molecule has 0 aromatic heterocycles. The lowest BCUT2D eigenvalue weighted by molar-refractivity contribution is -0.124. The molecule has 19 heavy (non-hydrogen) atoms. The first kappa shape index (κ1) is 14.3. The molecule has 5 heteroatoms. The minimum atomic E-state index is -0.723. The standard InChI is InChI=1S/C14H23N3O2/c1-10-5-6-17(7-12(10)18)8-13(19)16-14(2,9-15)11-3-4-11/h10-12,18H,3-8H2,1-2H3,(H,16,19). The number of rotatable bonds is 4. The van der Waals surface area contributed by atoms with E-state index in [9.17, 15) is 15.2 Å². The summed E-state index contributed by atoms with van der Waals surface area (Å²) in [5.74, 6) is 0.487. The van der Waals surface area contributed by atoms with E-state index in [-0.39, 0.29) is 18.6 Å². The molecule has 3 unspecified atom stereocenters. The summed E-state index contributed by atoms with van der Waals surface area (Å²) in [6.07, 6.45) is 2.59. The second kappa shape index (κ2) is 5.48. The Balaban J connectivity index is 1.83. The molecule has 1 aliphatic heterocycles. The summed E-state index contributed by atoms with van der Waals surface area (Å²) in [5, 5.41) is 21.9. The van der Waals surface area contributed by atoms with Crippen LogP contribution in [0.1, 0.15) is 33.1 Å². The van der Waals surface area contributed by atoms with Crippen LogP contribution in [0.25, 0.3) is 0 Å². The Bertz CT molecular complexity index is 389. The quantitative estimate of drug-likeness (QED) is 0.776. The highest BCUT2D eigenvalue weighted by Crippen LogP contribution is 2.39. The average molecular weight is 265 g/mol. The Morgan fingerprint density at radius 2 is 2.21 bits per heavy atom. The first-order valence-corrected chi connectivity index (χ1v) is 7.07.